The van der Waals surface area contributed by atoms with Gasteiger partial charge in [-0.15, -0.1) is 20.5 Å². The van der Waals surface area contributed by atoms with Crippen LogP contribution in [0.3, 0.4) is 0 Å². The van der Waals surface area contributed by atoms with Crippen molar-refractivity contribution in [3.05, 3.63) is 220 Å². The second-order valence-corrected chi connectivity index (χ2v) is 13.7. The topological polar surface area (TPSA) is 342 Å². The number of hydrogen-bond acceptors (Lipinski definition) is 18. The maximum atomic E-state index is 8.49. The van der Waals surface area contributed by atoms with Crippen LogP contribution in [0.1, 0.15) is 0 Å². The monoisotopic (exact) mass is 1340 g/mol. The number of rotatable bonds is 5. The Kier molecular flexibility index (Phi) is 28.5. The molecule has 70 heavy (non-hydrogen) atoms. The van der Waals surface area contributed by atoms with Crippen LogP contribution in [0.2, 0.25) is 0 Å². The largest absolute Gasteiger partial charge is 2.00 e. The maximum Gasteiger partial charge on any atom is 2.00 e. The van der Waals surface area contributed by atoms with Gasteiger partial charge in [-0.1, -0.05) is 85.0 Å². The molecule has 0 aromatic carbocycles. The summed E-state index contributed by atoms with van der Waals surface area (Å²) in [6.45, 7) is 0. The Morgan fingerprint density at radius 2 is 0.400 bits per heavy atom. The average molecular weight is 1340 g/mol. The van der Waals surface area contributed by atoms with Gasteiger partial charge in [0.25, 0.3) is 0 Å². The van der Waals surface area contributed by atoms with Crippen LogP contribution in [-0.2, 0) is 39.6 Å². The van der Waals surface area contributed by atoms with Crippen LogP contribution in [0.15, 0.2) is 220 Å². The van der Waals surface area contributed by atoms with E-state index in [0.717, 1.165) is 45.6 Å². The summed E-state index contributed by atoms with van der Waals surface area (Å²) >= 11 is 0. The molecule has 0 aliphatic rings. The average Bonchev–Trinajstić information content (AvgIpc) is 4.13. The van der Waals surface area contributed by atoms with Gasteiger partial charge in [0, 0.05) is 49.6 Å². The molecule has 20 nitrogen and oxygen atoms in total. The summed E-state index contributed by atoms with van der Waals surface area (Å²) in [5, 5.41) is 0. The third-order valence-electron chi connectivity index (χ3n) is 7.49. The minimum atomic E-state index is -4.94. The van der Waals surface area contributed by atoms with Gasteiger partial charge >= 0.3 is 39.6 Å². The summed E-state index contributed by atoms with van der Waals surface area (Å²) < 4.78 is 67.9. The van der Waals surface area contributed by atoms with Gasteiger partial charge in [-0.3, -0.25) is 39.9 Å². The van der Waals surface area contributed by atoms with E-state index in [9.17, 15) is 0 Å². The number of nitrogens with zero attached hydrogens (tertiary/aromatic N) is 12. The fourth-order valence-electron chi connectivity index (χ4n) is 4.83. The van der Waals surface area contributed by atoms with Gasteiger partial charge < -0.3 is 19.9 Å². The van der Waals surface area contributed by atoms with Crippen molar-refractivity contribution in [2.75, 3.05) is 0 Å². The molecule has 0 atom stereocenters. The Morgan fingerprint density at radius 3 is 0.500 bits per heavy atom. The van der Waals surface area contributed by atoms with E-state index in [4.69, 9.17) is 37.3 Å². The van der Waals surface area contributed by atoms with Crippen LogP contribution < -0.4 is 47.2 Å². The van der Waals surface area contributed by atoms with E-state index in [2.05, 4.69) is 59.8 Å². The Hall–Kier alpha value is -6.85. The van der Waals surface area contributed by atoms with Crippen LogP contribution in [0, 0.1) is 20.5 Å². The molecule has 0 bridgehead atoms. The van der Waals surface area contributed by atoms with Gasteiger partial charge in [0.1, 0.15) is 0 Å². The van der Waals surface area contributed by atoms with E-state index in [-0.39, 0.29) is 39.6 Å². The zero-order chi connectivity index (χ0) is 48.7. The molecule has 0 amide bonds. The first-order chi connectivity index (χ1) is 32.8. The molecule has 0 fully saturated rings. The number of imidazole rings is 2. The van der Waals surface area contributed by atoms with Gasteiger partial charge in [-0.25, -0.2) is 37.3 Å². The molecule has 0 N–H and O–H groups in total. The Bertz CT molecular complexity index is 2250. The van der Waals surface area contributed by atoms with Gasteiger partial charge in [-0.2, -0.15) is 0 Å². The number of pyridine rings is 8. The molecule has 358 valence electrons. The SMILES string of the molecule is [O-][Cl+3]([O-])([O-])[O-].[O-][Cl+3]([O-])([O-])[O-].[Os+2].[Os+2].c1c[n-]c(-c2ncc[n-]2)n1.c1ccc(-c2ccccn2)nc1.c1ccc(-c2ccccn2)nc1.c1ccc(-c2ccccn2)nc1.c1ccc(-c2ccccn2)nc1. The molecular formula is C46H36Cl2N12O8Os2. The van der Waals surface area contributed by atoms with Crippen molar-refractivity contribution in [1.82, 2.24) is 59.8 Å². The summed E-state index contributed by atoms with van der Waals surface area (Å²) in [6, 6.07) is 46.4. The van der Waals surface area contributed by atoms with Crippen molar-refractivity contribution in [2.45, 2.75) is 0 Å². The zero-order valence-electron chi connectivity index (χ0n) is 35.9. The van der Waals surface area contributed by atoms with Crippen LogP contribution >= 0.6 is 0 Å². The first kappa shape index (κ1) is 59.3. The fraction of sp³-hybridized carbons (Fsp3) is 0. The second kappa shape index (κ2) is 33.6. The number of aromatic nitrogens is 12. The Labute approximate surface area is 431 Å². The number of halogens is 2. The smallest absolute Gasteiger partial charge is 0.443 e. The summed E-state index contributed by atoms with van der Waals surface area (Å²) in [6.07, 6.45) is 20.6. The molecule has 0 unspecified atom stereocenters. The molecule has 10 aromatic rings. The van der Waals surface area contributed by atoms with Gasteiger partial charge in [0.2, 0.25) is 0 Å². The number of hydrogen-bond donors (Lipinski definition) is 0. The van der Waals surface area contributed by atoms with Crippen LogP contribution in [0.25, 0.3) is 57.2 Å². The summed E-state index contributed by atoms with van der Waals surface area (Å²) in [5.41, 5.74) is 7.32. The second-order valence-electron chi connectivity index (χ2n) is 12.2. The predicted octanol–water partition coefficient (Wildman–Crippen LogP) is -0.885. The van der Waals surface area contributed by atoms with E-state index in [0.29, 0.717) is 11.6 Å². The quantitative estimate of drug-likeness (QED) is 0.202. The molecule has 0 spiro atoms. The van der Waals surface area contributed by atoms with Crippen molar-refractivity contribution in [1.29, 1.82) is 0 Å². The first-order valence-corrected chi connectivity index (χ1v) is 21.7. The molecule has 0 saturated heterocycles. The van der Waals surface area contributed by atoms with Gasteiger partial charge in [-0.05, 0) is 97.1 Å². The van der Waals surface area contributed by atoms with Crippen LogP contribution in [-0.4, -0.2) is 49.8 Å². The van der Waals surface area contributed by atoms with Crippen molar-refractivity contribution < 1.29 is 97.3 Å². The Morgan fingerprint density at radius 1 is 0.243 bits per heavy atom. The van der Waals surface area contributed by atoms with E-state index in [1.54, 1.807) is 74.4 Å². The van der Waals surface area contributed by atoms with Crippen molar-refractivity contribution in [3.8, 4) is 57.2 Å². The molecule has 0 aliphatic carbocycles. The standard InChI is InChI=1S/4C10H8N2.C6H4N4.2ClHO4.2Os/c4*1-3-7-11-9(5-1)10-6-2-4-8-12-10;1-2-8-5(7-1)6-9-3-4-10-6;2*2-1(3,4)5;;/h4*1-8H;1-4H;2*(H,2,3,4,5);;/q;;;;-2;;;2*+2/p-2. The van der Waals surface area contributed by atoms with Crippen LogP contribution in [0.5, 0.6) is 0 Å². The van der Waals surface area contributed by atoms with Gasteiger partial charge in [0.05, 0.1) is 45.6 Å². The zero-order valence-corrected chi connectivity index (χ0v) is 42.5. The predicted molar refractivity (Wildman–Crippen MR) is 224 cm³/mol. The van der Waals surface area contributed by atoms with Crippen molar-refractivity contribution in [3.63, 3.8) is 0 Å². The molecule has 0 radical (unpaired) electrons. The fourth-order valence-corrected chi connectivity index (χ4v) is 4.83. The van der Waals surface area contributed by atoms with Gasteiger partial charge in [0.15, 0.2) is 0 Å². The minimum Gasteiger partial charge on any atom is -0.443 e. The summed E-state index contributed by atoms with van der Waals surface area (Å²) in [5.74, 6) is 1.18. The third kappa shape index (κ3) is 26.6. The molecule has 0 aliphatic heterocycles. The molecule has 0 saturated carbocycles. The normalized spacial score (nSPS) is 9.77. The van der Waals surface area contributed by atoms with E-state index in [1.165, 1.54) is 0 Å². The van der Waals surface area contributed by atoms with Crippen LogP contribution in [0.4, 0.5) is 0 Å². The first-order valence-electron chi connectivity index (χ1n) is 19.2. The summed E-state index contributed by atoms with van der Waals surface area (Å²) in [7, 11) is -9.89. The molecular weight excluding hydrogens is 1300 g/mol. The Balaban J connectivity index is 0.000000285. The molecule has 10 heterocycles. The van der Waals surface area contributed by atoms with E-state index >= 15 is 0 Å². The third-order valence-corrected chi connectivity index (χ3v) is 7.49. The maximum absolute atomic E-state index is 8.49. The molecule has 24 heteroatoms. The summed E-state index contributed by atoms with van der Waals surface area (Å²) in [4.78, 5) is 49.2. The van der Waals surface area contributed by atoms with Crippen molar-refractivity contribution in [2.24, 2.45) is 0 Å². The van der Waals surface area contributed by atoms with E-state index < -0.39 is 20.5 Å². The minimum absolute atomic E-state index is 0. The molecule has 10 aromatic heterocycles. The molecule has 10 rings (SSSR count). The van der Waals surface area contributed by atoms with Crippen molar-refractivity contribution >= 4 is 0 Å². The van der Waals surface area contributed by atoms with E-state index in [1.807, 2.05) is 146 Å².